The lowest BCUT2D eigenvalue weighted by Gasteiger charge is -2.21. The van der Waals surface area contributed by atoms with Gasteiger partial charge in [0.15, 0.2) is 0 Å². The van der Waals surface area contributed by atoms with Gasteiger partial charge in [-0.2, -0.15) is 5.10 Å². The van der Waals surface area contributed by atoms with Crippen LogP contribution in [-0.2, 0) is 16.0 Å². The summed E-state index contributed by atoms with van der Waals surface area (Å²) in [6.07, 6.45) is 6.20. The normalized spacial score (nSPS) is 15.6. The van der Waals surface area contributed by atoms with E-state index < -0.39 is 0 Å². The number of hydrogen-bond donors (Lipinski definition) is 1. The molecule has 0 unspecified atom stereocenters. The number of ether oxygens (including phenoxy) is 1. The fourth-order valence-electron chi connectivity index (χ4n) is 2.67. The van der Waals surface area contributed by atoms with Crippen molar-refractivity contribution in [3.63, 3.8) is 0 Å². The average Bonchev–Trinajstić information content (AvgIpc) is 3.11. The van der Waals surface area contributed by atoms with Crippen LogP contribution < -0.4 is 5.32 Å². The molecule has 3 rings (SSSR count). The molecule has 1 amide bonds. The lowest BCUT2D eigenvalue weighted by Crippen LogP contribution is -2.35. The molecule has 0 aliphatic carbocycles. The van der Waals surface area contributed by atoms with E-state index in [1.165, 1.54) is 5.56 Å². The van der Waals surface area contributed by atoms with E-state index in [2.05, 4.69) is 22.5 Å². The van der Waals surface area contributed by atoms with E-state index in [0.29, 0.717) is 19.8 Å². The Kier molecular flexibility index (Phi) is 4.85. The Morgan fingerprint density at radius 3 is 2.73 bits per heavy atom. The predicted octanol–water partition coefficient (Wildman–Crippen LogP) is 1.96. The lowest BCUT2D eigenvalue weighted by atomic mass is 9.99. The minimum absolute atomic E-state index is 0.121. The van der Waals surface area contributed by atoms with Crippen molar-refractivity contribution in [3.05, 3.63) is 48.3 Å². The first-order chi connectivity index (χ1) is 10.8. The highest BCUT2D eigenvalue weighted by atomic mass is 16.5. The summed E-state index contributed by atoms with van der Waals surface area (Å²) in [6, 6.07) is 10.2. The average molecular weight is 299 g/mol. The molecular weight excluding hydrogens is 278 g/mol. The van der Waals surface area contributed by atoms with Crippen LogP contribution in [0.2, 0.25) is 0 Å². The Morgan fingerprint density at radius 1 is 1.27 bits per heavy atom. The summed E-state index contributed by atoms with van der Waals surface area (Å²) in [5.41, 5.74) is 2.25. The molecule has 1 aromatic heterocycles. The van der Waals surface area contributed by atoms with Gasteiger partial charge in [0.2, 0.25) is 5.91 Å². The molecule has 0 saturated carbocycles. The van der Waals surface area contributed by atoms with Gasteiger partial charge in [0.05, 0.1) is 5.69 Å². The summed E-state index contributed by atoms with van der Waals surface area (Å²) in [5, 5.41) is 7.23. The molecule has 5 nitrogen and oxygen atoms in total. The van der Waals surface area contributed by atoms with Gasteiger partial charge in [-0.25, -0.2) is 4.68 Å². The Bertz CT molecular complexity index is 587. The number of rotatable bonds is 5. The van der Waals surface area contributed by atoms with Crippen molar-refractivity contribution in [3.8, 4) is 5.69 Å². The molecule has 0 radical (unpaired) electrons. The number of carbonyl (C=O) groups is 1. The van der Waals surface area contributed by atoms with E-state index in [1.807, 2.05) is 29.1 Å². The van der Waals surface area contributed by atoms with Gasteiger partial charge in [0.1, 0.15) is 0 Å². The van der Waals surface area contributed by atoms with Crippen LogP contribution in [0.5, 0.6) is 0 Å². The molecule has 1 saturated heterocycles. The molecule has 1 aromatic carbocycles. The van der Waals surface area contributed by atoms with Gasteiger partial charge in [0.25, 0.3) is 0 Å². The van der Waals surface area contributed by atoms with Gasteiger partial charge >= 0.3 is 0 Å². The summed E-state index contributed by atoms with van der Waals surface area (Å²) >= 11 is 0. The zero-order chi connectivity index (χ0) is 15.2. The second-order valence-electron chi connectivity index (χ2n) is 5.54. The fourth-order valence-corrected chi connectivity index (χ4v) is 2.67. The molecular formula is C17H21N3O2. The minimum Gasteiger partial charge on any atom is -0.381 e. The zero-order valence-corrected chi connectivity index (χ0v) is 12.6. The first-order valence-electron chi connectivity index (χ1n) is 7.77. The monoisotopic (exact) mass is 299 g/mol. The summed E-state index contributed by atoms with van der Waals surface area (Å²) in [7, 11) is 0. The van der Waals surface area contributed by atoms with Gasteiger partial charge in [-0.1, -0.05) is 12.1 Å². The van der Waals surface area contributed by atoms with Gasteiger partial charge in [-0.15, -0.1) is 0 Å². The van der Waals surface area contributed by atoms with E-state index in [9.17, 15) is 4.79 Å². The summed E-state index contributed by atoms with van der Waals surface area (Å²) in [6.45, 7) is 2.08. The van der Waals surface area contributed by atoms with Gasteiger partial charge in [-0.3, -0.25) is 4.79 Å². The third kappa shape index (κ3) is 3.74. The molecule has 5 heteroatoms. The third-order valence-corrected chi connectivity index (χ3v) is 4.01. The third-order valence-electron chi connectivity index (χ3n) is 4.01. The van der Waals surface area contributed by atoms with Crippen molar-refractivity contribution in [1.82, 2.24) is 15.1 Å². The molecule has 2 aromatic rings. The van der Waals surface area contributed by atoms with Crippen molar-refractivity contribution in [2.45, 2.75) is 19.3 Å². The largest absolute Gasteiger partial charge is 0.381 e. The lowest BCUT2D eigenvalue weighted by molar-refractivity contribution is -0.127. The van der Waals surface area contributed by atoms with Crippen molar-refractivity contribution in [2.24, 2.45) is 5.92 Å². The van der Waals surface area contributed by atoms with E-state index in [-0.39, 0.29) is 11.8 Å². The number of nitrogens with zero attached hydrogens (tertiary/aromatic N) is 2. The number of aromatic nitrogens is 2. The van der Waals surface area contributed by atoms with E-state index in [4.69, 9.17) is 4.74 Å². The highest BCUT2D eigenvalue weighted by Gasteiger charge is 2.20. The van der Waals surface area contributed by atoms with Crippen molar-refractivity contribution in [2.75, 3.05) is 19.8 Å². The first-order valence-corrected chi connectivity index (χ1v) is 7.77. The smallest absolute Gasteiger partial charge is 0.223 e. The molecule has 22 heavy (non-hydrogen) atoms. The minimum atomic E-state index is 0.121. The quantitative estimate of drug-likeness (QED) is 0.918. The maximum atomic E-state index is 12.0. The summed E-state index contributed by atoms with van der Waals surface area (Å²) < 4.78 is 7.11. The maximum Gasteiger partial charge on any atom is 0.223 e. The van der Waals surface area contributed by atoms with Crippen LogP contribution in [0.15, 0.2) is 42.7 Å². The molecule has 1 N–H and O–H groups in total. The van der Waals surface area contributed by atoms with E-state index in [0.717, 1.165) is 24.9 Å². The van der Waals surface area contributed by atoms with Crippen molar-refractivity contribution in [1.29, 1.82) is 0 Å². The van der Waals surface area contributed by atoms with Gasteiger partial charge in [0, 0.05) is 38.1 Å². The molecule has 0 spiro atoms. The predicted molar refractivity (Wildman–Crippen MR) is 83.8 cm³/mol. The zero-order valence-electron chi connectivity index (χ0n) is 12.6. The van der Waals surface area contributed by atoms with Crippen LogP contribution in [-0.4, -0.2) is 35.4 Å². The summed E-state index contributed by atoms with van der Waals surface area (Å²) in [5.74, 6) is 0.285. The topological polar surface area (TPSA) is 56.2 Å². The van der Waals surface area contributed by atoms with Crippen LogP contribution in [0.4, 0.5) is 0 Å². The number of hydrogen-bond acceptors (Lipinski definition) is 3. The second kappa shape index (κ2) is 7.22. The Morgan fingerprint density at radius 2 is 2.05 bits per heavy atom. The molecule has 0 bridgehead atoms. The Balaban J connectivity index is 1.46. The highest BCUT2D eigenvalue weighted by molar-refractivity contribution is 5.78. The Hall–Kier alpha value is -2.14. The number of carbonyl (C=O) groups excluding carboxylic acids is 1. The molecule has 2 heterocycles. The van der Waals surface area contributed by atoms with Gasteiger partial charge < -0.3 is 10.1 Å². The Labute approximate surface area is 130 Å². The molecule has 116 valence electrons. The van der Waals surface area contributed by atoms with Crippen LogP contribution >= 0.6 is 0 Å². The van der Waals surface area contributed by atoms with E-state index in [1.54, 1.807) is 6.20 Å². The second-order valence-corrected chi connectivity index (χ2v) is 5.54. The first kappa shape index (κ1) is 14.8. The maximum absolute atomic E-state index is 12.0. The highest BCUT2D eigenvalue weighted by Crippen LogP contribution is 2.14. The number of amides is 1. The van der Waals surface area contributed by atoms with Crippen LogP contribution in [0.1, 0.15) is 18.4 Å². The molecule has 1 fully saturated rings. The number of benzene rings is 1. The fraction of sp³-hybridized carbons (Fsp3) is 0.412. The van der Waals surface area contributed by atoms with E-state index >= 15 is 0 Å². The standard InChI is InChI=1S/C17H21N3O2/c21-17(15-7-12-22-13-8-15)18-10-6-14-2-4-16(5-3-14)20-11-1-9-19-20/h1-5,9,11,15H,6-8,10,12-13H2,(H,18,21). The van der Waals surface area contributed by atoms with Crippen LogP contribution in [0.25, 0.3) is 5.69 Å². The van der Waals surface area contributed by atoms with Crippen molar-refractivity contribution < 1.29 is 9.53 Å². The number of nitrogens with one attached hydrogen (secondary N) is 1. The van der Waals surface area contributed by atoms with Crippen LogP contribution in [0.3, 0.4) is 0 Å². The molecule has 1 aliphatic heterocycles. The molecule has 1 aliphatic rings. The SMILES string of the molecule is O=C(NCCc1ccc(-n2cccn2)cc1)C1CCOCC1. The van der Waals surface area contributed by atoms with Gasteiger partial charge in [-0.05, 0) is 43.0 Å². The van der Waals surface area contributed by atoms with Crippen molar-refractivity contribution >= 4 is 5.91 Å². The van der Waals surface area contributed by atoms with Crippen LogP contribution in [0, 0.1) is 5.92 Å². The molecule has 0 atom stereocenters. The summed E-state index contributed by atoms with van der Waals surface area (Å²) in [4.78, 5) is 12.0.